The number of nitrogen functional groups attached to an aromatic ring is 1. The summed E-state index contributed by atoms with van der Waals surface area (Å²) < 4.78 is 8.91. The number of nitrogens with zero attached hydrogens (tertiary/aromatic N) is 2. The number of benzene rings is 1. The number of halogens is 2. The van der Waals surface area contributed by atoms with Crippen LogP contribution in [0.4, 0.5) is 5.82 Å². The second-order valence-corrected chi connectivity index (χ2v) is 6.04. The average Bonchev–Trinajstić information content (AvgIpc) is 2.95. The molecule has 0 amide bonds. The van der Waals surface area contributed by atoms with Gasteiger partial charge in [-0.15, -0.1) is 0 Å². The molecule has 0 aliphatic heterocycles. The lowest BCUT2D eigenvalue weighted by Gasteiger charge is -2.03. The Morgan fingerprint density at radius 3 is 2.65 bits per heavy atom. The summed E-state index contributed by atoms with van der Waals surface area (Å²) in [5.41, 5.74) is 8.76. The van der Waals surface area contributed by atoms with Crippen molar-refractivity contribution in [3.8, 4) is 22.6 Å². The first-order valence-electron chi connectivity index (χ1n) is 5.90. The Hall–Kier alpha value is -1.53. The van der Waals surface area contributed by atoms with Crippen molar-refractivity contribution in [2.24, 2.45) is 7.05 Å². The van der Waals surface area contributed by atoms with Gasteiger partial charge in [-0.3, -0.25) is 4.68 Å². The summed E-state index contributed by atoms with van der Waals surface area (Å²) >= 11 is 6.78. The first-order valence-corrected chi connectivity index (χ1v) is 7.49. The van der Waals surface area contributed by atoms with Crippen LogP contribution in [0.5, 0.6) is 0 Å². The maximum Gasteiger partial charge on any atom is 0.169 e. The van der Waals surface area contributed by atoms with Gasteiger partial charge in [-0.25, -0.2) is 0 Å². The third-order valence-corrected chi connectivity index (χ3v) is 3.93. The van der Waals surface area contributed by atoms with Gasteiger partial charge in [0.1, 0.15) is 11.5 Å². The normalized spacial score (nSPS) is 10.9. The fraction of sp³-hybridized carbons (Fsp3) is 0.0714. The molecule has 0 saturated carbocycles. The third-order valence-electron chi connectivity index (χ3n) is 3.01. The monoisotopic (exact) mass is 395 g/mol. The zero-order valence-corrected chi connectivity index (χ0v) is 13.8. The van der Waals surface area contributed by atoms with Crippen molar-refractivity contribution in [1.29, 1.82) is 0 Å². The number of furan rings is 1. The van der Waals surface area contributed by atoms with E-state index in [-0.39, 0.29) is 0 Å². The molecule has 0 radical (unpaired) electrons. The number of aryl methyl sites for hydroxylation is 1. The largest absolute Gasteiger partial charge is 0.448 e. The van der Waals surface area contributed by atoms with Crippen molar-refractivity contribution in [3.05, 3.63) is 45.5 Å². The maximum atomic E-state index is 6.16. The van der Waals surface area contributed by atoms with Crippen LogP contribution in [0.25, 0.3) is 22.6 Å². The Labute approximate surface area is 132 Å². The van der Waals surface area contributed by atoms with Crippen LogP contribution in [-0.4, -0.2) is 9.78 Å². The quantitative estimate of drug-likeness (QED) is 0.695. The molecule has 102 valence electrons. The first kappa shape index (κ1) is 13.5. The van der Waals surface area contributed by atoms with Crippen molar-refractivity contribution in [2.45, 2.75) is 0 Å². The molecule has 2 heterocycles. The molecular weight excluding hydrogens is 386 g/mol. The van der Waals surface area contributed by atoms with Crippen LogP contribution in [0, 0.1) is 0 Å². The van der Waals surface area contributed by atoms with Crippen LogP contribution >= 0.6 is 31.9 Å². The molecule has 3 aromatic rings. The molecule has 6 heteroatoms. The highest BCUT2D eigenvalue weighted by Gasteiger charge is 2.19. The van der Waals surface area contributed by atoms with E-state index in [0.717, 1.165) is 21.3 Å². The van der Waals surface area contributed by atoms with Gasteiger partial charge in [-0.05, 0) is 45.8 Å². The molecule has 3 rings (SSSR count). The smallest absolute Gasteiger partial charge is 0.169 e. The number of anilines is 1. The molecule has 0 unspecified atom stereocenters. The summed E-state index contributed by atoms with van der Waals surface area (Å²) in [6, 6.07) is 11.7. The lowest BCUT2D eigenvalue weighted by Crippen LogP contribution is -1.97. The molecule has 0 aliphatic carbocycles. The second-order valence-electron chi connectivity index (χ2n) is 4.35. The van der Waals surface area contributed by atoms with E-state index >= 15 is 0 Å². The molecule has 0 spiro atoms. The topological polar surface area (TPSA) is 57.0 Å². The summed E-state index contributed by atoms with van der Waals surface area (Å²) in [5.74, 6) is 1.28. The van der Waals surface area contributed by atoms with E-state index in [4.69, 9.17) is 10.2 Å². The Bertz CT molecular complexity index is 777. The number of aromatic nitrogens is 2. The lowest BCUT2D eigenvalue weighted by molar-refractivity contribution is 0.552. The number of rotatable bonds is 2. The molecule has 0 saturated heterocycles. The van der Waals surface area contributed by atoms with Gasteiger partial charge in [-0.1, -0.05) is 28.1 Å². The van der Waals surface area contributed by atoms with Crippen molar-refractivity contribution in [1.82, 2.24) is 9.78 Å². The van der Waals surface area contributed by atoms with Crippen molar-refractivity contribution >= 4 is 37.7 Å². The van der Waals surface area contributed by atoms with Gasteiger partial charge in [-0.2, -0.15) is 5.10 Å². The predicted molar refractivity (Wildman–Crippen MR) is 86.2 cm³/mol. The van der Waals surface area contributed by atoms with Crippen LogP contribution < -0.4 is 5.73 Å². The van der Waals surface area contributed by atoms with E-state index in [0.29, 0.717) is 16.2 Å². The van der Waals surface area contributed by atoms with Gasteiger partial charge in [0.15, 0.2) is 10.4 Å². The Morgan fingerprint density at radius 2 is 2.00 bits per heavy atom. The standard InChI is InChI=1S/C14H11Br2N3O/c1-19-14(17)12(8-3-2-4-9(15)7-8)13(18-19)10-5-6-11(16)20-10/h2-7H,17H2,1H3. The van der Waals surface area contributed by atoms with Crippen LogP contribution in [0.3, 0.4) is 0 Å². The minimum Gasteiger partial charge on any atom is -0.448 e. The van der Waals surface area contributed by atoms with E-state index in [1.807, 2.05) is 43.4 Å². The molecule has 0 atom stereocenters. The molecule has 0 aliphatic rings. The summed E-state index contributed by atoms with van der Waals surface area (Å²) in [7, 11) is 1.82. The molecule has 0 fully saturated rings. The van der Waals surface area contributed by atoms with Crippen molar-refractivity contribution in [2.75, 3.05) is 5.73 Å². The van der Waals surface area contributed by atoms with E-state index in [2.05, 4.69) is 37.0 Å². The van der Waals surface area contributed by atoms with Gasteiger partial charge < -0.3 is 10.2 Å². The second kappa shape index (κ2) is 5.10. The zero-order chi connectivity index (χ0) is 14.3. The number of hydrogen-bond donors (Lipinski definition) is 1. The Morgan fingerprint density at radius 1 is 1.20 bits per heavy atom. The van der Waals surface area contributed by atoms with Gasteiger partial charge in [0.2, 0.25) is 0 Å². The molecule has 1 aromatic carbocycles. The third kappa shape index (κ3) is 2.29. The SMILES string of the molecule is Cn1nc(-c2ccc(Br)o2)c(-c2cccc(Br)c2)c1N. The number of hydrogen-bond acceptors (Lipinski definition) is 3. The van der Waals surface area contributed by atoms with Crippen molar-refractivity contribution < 1.29 is 4.42 Å². The van der Waals surface area contributed by atoms with Crippen LogP contribution in [0.1, 0.15) is 0 Å². The van der Waals surface area contributed by atoms with E-state index < -0.39 is 0 Å². The number of nitrogens with two attached hydrogens (primary N) is 1. The minimum atomic E-state index is 0.602. The fourth-order valence-electron chi connectivity index (χ4n) is 2.08. The summed E-state index contributed by atoms with van der Waals surface area (Å²) in [5, 5.41) is 4.46. The van der Waals surface area contributed by atoms with E-state index in [9.17, 15) is 0 Å². The average molecular weight is 397 g/mol. The maximum absolute atomic E-state index is 6.16. The van der Waals surface area contributed by atoms with Crippen LogP contribution in [0.2, 0.25) is 0 Å². The summed E-state index contributed by atoms with van der Waals surface area (Å²) in [6.45, 7) is 0. The van der Waals surface area contributed by atoms with Crippen LogP contribution in [-0.2, 0) is 7.05 Å². The Balaban J connectivity index is 2.24. The molecule has 2 N–H and O–H groups in total. The molecule has 0 bridgehead atoms. The highest BCUT2D eigenvalue weighted by atomic mass is 79.9. The Kier molecular flexibility index (Phi) is 3.43. The van der Waals surface area contributed by atoms with Crippen LogP contribution in [0.15, 0.2) is 50.0 Å². The zero-order valence-electron chi connectivity index (χ0n) is 10.6. The molecule has 4 nitrogen and oxygen atoms in total. The molecule has 2 aromatic heterocycles. The fourth-order valence-corrected chi connectivity index (χ4v) is 2.79. The van der Waals surface area contributed by atoms with Gasteiger partial charge in [0.25, 0.3) is 0 Å². The van der Waals surface area contributed by atoms with Gasteiger partial charge in [0, 0.05) is 11.5 Å². The predicted octanol–water partition coefficient (Wildman–Crippen LogP) is 4.45. The lowest BCUT2D eigenvalue weighted by atomic mass is 10.0. The molecule has 20 heavy (non-hydrogen) atoms. The summed E-state index contributed by atoms with van der Waals surface area (Å²) in [6.07, 6.45) is 0. The molecular formula is C14H11Br2N3O. The highest BCUT2D eigenvalue weighted by molar-refractivity contribution is 9.10. The van der Waals surface area contributed by atoms with Gasteiger partial charge in [0.05, 0.1) is 5.56 Å². The highest BCUT2D eigenvalue weighted by Crippen LogP contribution is 2.37. The van der Waals surface area contributed by atoms with Crippen molar-refractivity contribution in [3.63, 3.8) is 0 Å². The first-order chi connectivity index (χ1) is 9.56. The minimum absolute atomic E-state index is 0.602. The van der Waals surface area contributed by atoms with E-state index in [1.165, 1.54) is 0 Å². The van der Waals surface area contributed by atoms with E-state index in [1.54, 1.807) is 4.68 Å². The van der Waals surface area contributed by atoms with Gasteiger partial charge >= 0.3 is 0 Å². The summed E-state index contributed by atoms with van der Waals surface area (Å²) in [4.78, 5) is 0.